The highest BCUT2D eigenvalue weighted by Crippen LogP contribution is 2.29. The standard InChI is InChI=1S/C15H18F5NO2/c1-2-3-11(18)23-12(22)5-4-8(7-21)13-14(19)9(16)6-10(17)15(13)20/h6,8,11H,2-5,7,21H2,1H3. The van der Waals surface area contributed by atoms with Crippen molar-refractivity contribution in [3.8, 4) is 0 Å². The normalized spacial score (nSPS) is 13.7. The fourth-order valence-electron chi connectivity index (χ4n) is 2.11. The monoisotopic (exact) mass is 339 g/mol. The van der Waals surface area contributed by atoms with Crippen molar-refractivity contribution < 1.29 is 31.5 Å². The Balaban J connectivity index is 2.81. The van der Waals surface area contributed by atoms with E-state index in [2.05, 4.69) is 4.74 Å². The maximum Gasteiger partial charge on any atom is 0.308 e. The third-order valence-electron chi connectivity index (χ3n) is 3.31. The Labute approximate surface area is 130 Å². The lowest BCUT2D eigenvalue weighted by molar-refractivity contribution is -0.158. The van der Waals surface area contributed by atoms with E-state index in [0.717, 1.165) is 0 Å². The SMILES string of the molecule is CCCC(F)OC(=O)CCC(CN)c1c(F)c(F)cc(F)c1F. The van der Waals surface area contributed by atoms with Crippen LogP contribution in [0.5, 0.6) is 0 Å². The predicted molar refractivity (Wildman–Crippen MR) is 73.2 cm³/mol. The molecule has 1 aromatic rings. The van der Waals surface area contributed by atoms with Crippen LogP contribution in [0, 0.1) is 23.3 Å². The van der Waals surface area contributed by atoms with E-state index >= 15 is 0 Å². The van der Waals surface area contributed by atoms with Gasteiger partial charge in [-0.15, -0.1) is 0 Å². The molecule has 0 amide bonds. The summed E-state index contributed by atoms with van der Waals surface area (Å²) < 4.78 is 71.4. The summed E-state index contributed by atoms with van der Waals surface area (Å²) in [7, 11) is 0. The van der Waals surface area contributed by atoms with Crippen molar-refractivity contribution in [1.82, 2.24) is 0 Å². The lowest BCUT2D eigenvalue weighted by Gasteiger charge is -2.17. The van der Waals surface area contributed by atoms with Crippen molar-refractivity contribution in [3.63, 3.8) is 0 Å². The molecule has 0 heterocycles. The highest BCUT2D eigenvalue weighted by Gasteiger charge is 2.26. The first kappa shape index (κ1) is 19.3. The molecule has 0 saturated heterocycles. The minimum absolute atomic E-state index is 0.0322. The summed E-state index contributed by atoms with van der Waals surface area (Å²) in [5.41, 5.74) is 4.52. The molecule has 0 radical (unpaired) electrons. The molecule has 0 aliphatic heterocycles. The van der Waals surface area contributed by atoms with Gasteiger partial charge in [-0.1, -0.05) is 6.92 Å². The highest BCUT2D eigenvalue weighted by atomic mass is 19.2. The number of ether oxygens (including phenoxy) is 1. The van der Waals surface area contributed by atoms with Gasteiger partial charge in [0.25, 0.3) is 0 Å². The number of benzene rings is 1. The Bertz CT molecular complexity index is 527. The Morgan fingerprint density at radius 3 is 2.22 bits per heavy atom. The Hall–Kier alpha value is -1.70. The van der Waals surface area contributed by atoms with E-state index in [4.69, 9.17) is 5.73 Å². The molecule has 0 fully saturated rings. The fourth-order valence-corrected chi connectivity index (χ4v) is 2.11. The number of rotatable bonds is 8. The number of halogens is 5. The number of carbonyl (C=O) groups excluding carboxylic acids is 1. The number of alkyl halides is 1. The third kappa shape index (κ3) is 5.16. The van der Waals surface area contributed by atoms with Gasteiger partial charge in [0.1, 0.15) is 0 Å². The van der Waals surface area contributed by atoms with Crippen molar-refractivity contribution in [2.75, 3.05) is 6.54 Å². The van der Waals surface area contributed by atoms with Crippen molar-refractivity contribution in [2.45, 2.75) is 44.9 Å². The van der Waals surface area contributed by atoms with Crippen LogP contribution >= 0.6 is 0 Å². The van der Waals surface area contributed by atoms with Crippen LogP contribution in [0.2, 0.25) is 0 Å². The van der Waals surface area contributed by atoms with E-state index in [9.17, 15) is 26.7 Å². The molecule has 3 nitrogen and oxygen atoms in total. The number of carbonyl (C=O) groups is 1. The average Bonchev–Trinajstić information content (AvgIpc) is 2.48. The van der Waals surface area contributed by atoms with Gasteiger partial charge in [0.2, 0.25) is 6.36 Å². The molecule has 0 aliphatic carbocycles. The number of hydrogen-bond donors (Lipinski definition) is 1. The molecule has 1 rings (SSSR count). The van der Waals surface area contributed by atoms with Crippen LogP contribution < -0.4 is 5.73 Å². The molecular weight excluding hydrogens is 321 g/mol. The van der Waals surface area contributed by atoms with Gasteiger partial charge in [0.05, 0.1) is 0 Å². The highest BCUT2D eigenvalue weighted by molar-refractivity contribution is 5.69. The molecule has 23 heavy (non-hydrogen) atoms. The van der Waals surface area contributed by atoms with Crippen LogP contribution in [0.25, 0.3) is 0 Å². The van der Waals surface area contributed by atoms with Crippen LogP contribution in [-0.2, 0) is 9.53 Å². The van der Waals surface area contributed by atoms with Gasteiger partial charge in [0.15, 0.2) is 23.3 Å². The van der Waals surface area contributed by atoms with Crippen molar-refractivity contribution in [1.29, 1.82) is 0 Å². The predicted octanol–water partition coefficient (Wildman–Crippen LogP) is 3.70. The third-order valence-corrected chi connectivity index (χ3v) is 3.31. The smallest absolute Gasteiger partial charge is 0.308 e. The summed E-state index contributed by atoms with van der Waals surface area (Å²) in [5.74, 6) is -8.26. The van der Waals surface area contributed by atoms with Crippen LogP contribution in [-0.4, -0.2) is 18.9 Å². The van der Waals surface area contributed by atoms with Crippen molar-refractivity contribution >= 4 is 5.97 Å². The Morgan fingerprint density at radius 1 is 1.17 bits per heavy atom. The molecule has 0 saturated carbocycles. The molecule has 8 heteroatoms. The van der Waals surface area contributed by atoms with Gasteiger partial charge in [-0.3, -0.25) is 4.79 Å². The molecule has 2 N–H and O–H groups in total. The quantitative estimate of drug-likeness (QED) is 0.446. The van der Waals surface area contributed by atoms with E-state index in [1.807, 2.05) is 0 Å². The minimum Gasteiger partial charge on any atom is -0.431 e. The lowest BCUT2D eigenvalue weighted by Crippen LogP contribution is -2.20. The number of hydrogen-bond acceptors (Lipinski definition) is 3. The van der Waals surface area contributed by atoms with Gasteiger partial charge in [-0.05, 0) is 19.4 Å². The molecule has 0 spiro atoms. The van der Waals surface area contributed by atoms with Crippen LogP contribution in [0.4, 0.5) is 22.0 Å². The molecule has 1 aromatic carbocycles. The summed E-state index contributed by atoms with van der Waals surface area (Å²) in [6.07, 6.45) is -1.87. The first-order chi connectivity index (χ1) is 10.8. The fraction of sp³-hybridized carbons (Fsp3) is 0.533. The van der Waals surface area contributed by atoms with E-state index in [-0.39, 0.29) is 31.9 Å². The van der Waals surface area contributed by atoms with E-state index in [1.165, 1.54) is 0 Å². The second-order valence-corrected chi connectivity index (χ2v) is 5.04. The average molecular weight is 339 g/mol. The molecule has 2 unspecified atom stereocenters. The summed E-state index contributed by atoms with van der Waals surface area (Å²) >= 11 is 0. The van der Waals surface area contributed by atoms with Crippen LogP contribution in [0.3, 0.4) is 0 Å². The molecule has 2 atom stereocenters. The first-order valence-corrected chi connectivity index (χ1v) is 7.18. The first-order valence-electron chi connectivity index (χ1n) is 7.18. The number of esters is 1. The summed E-state index contributed by atoms with van der Waals surface area (Å²) in [6.45, 7) is 1.35. The summed E-state index contributed by atoms with van der Waals surface area (Å²) in [6, 6.07) is 0.0917. The maximum atomic E-state index is 13.7. The lowest BCUT2D eigenvalue weighted by atomic mass is 9.93. The van der Waals surface area contributed by atoms with Crippen LogP contribution in [0.15, 0.2) is 6.07 Å². The van der Waals surface area contributed by atoms with E-state index in [1.54, 1.807) is 6.92 Å². The van der Waals surface area contributed by atoms with E-state index < -0.39 is 47.1 Å². The second-order valence-electron chi connectivity index (χ2n) is 5.04. The molecule has 0 aromatic heterocycles. The number of nitrogens with two attached hydrogens (primary N) is 1. The second kappa shape index (κ2) is 8.81. The van der Waals surface area contributed by atoms with Gasteiger partial charge in [-0.2, -0.15) is 0 Å². The molecule has 0 bridgehead atoms. The van der Waals surface area contributed by atoms with Crippen molar-refractivity contribution in [3.05, 3.63) is 34.9 Å². The summed E-state index contributed by atoms with van der Waals surface area (Å²) in [5, 5.41) is 0. The topological polar surface area (TPSA) is 52.3 Å². The van der Waals surface area contributed by atoms with Gasteiger partial charge in [0, 0.05) is 30.4 Å². The van der Waals surface area contributed by atoms with Gasteiger partial charge >= 0.3 is 5.97 Å². The van der Waals surface area contributed by atoms with Crippen molar-refractivity contribution in [2.24, 2.45) is 5.73 Å². The van der Waals surface area contributed by atoms with Crippen LogP contribution in [0.1, 0.15) is 44.1 Å². The zero-order valence-electron chi connectivity index (χ0n) is 12.6. The van der Waals surface area contributed by atoms with Gasteiger partial charge < -0.3 is 10.5 Å². The molecular formula is C15H18F5NO2. The zero-order chi connectivity index (χ0) is 17.6. The molecule has 130 valence electrons. The molecule has 0 aliphatic rings. The minimum atomic E-state index is -1.76. The zero-order valence-corrected chi connectivity index (χ0v) is 12.6. The Morgan fingerprint density at radius 2 is 1.74 bits per heavy atom. The maximum absolute atomic E-state index is 13.7. The Kier molecular flexibility index (Phi) is 7.41. The van der Waals surface area contributed by atoms with E-state index in [0.29, 0.717) is 6.42 Å². The largest absolute Gasteiger partial charge is 0.431 e. The summed E-state index contributed by atoms with van der Waals surface area (Å²) in [4.78, 5) is 11.4. The van der Waals surface area contributed by atoms with Gasteiger partial charge in [-0.25, -0.2) is 22.0 Å².